The molecule has 0 N–H and O–H groups in total. The Morgan fingerprint density at radius 2 is 1.60 bits per heavy atom. The van der Waals surface area contributed by atoms with Crippen molar-refractivity contribution >= 4 is 0 Å². The van der Waals surface area contributed by atoms with Crippen molar-refractivity contribution in [3.63, 3.8) is 0 Å². The van der Waals surface area contributed by atoms with Gasteiger partial charge in [-0.3, -0.25) is 0 Å². The van der Waals surface area contributed by atoms with Crippen LogP contribution in [0.2, 0.25) is 0 Å². The predicted octanol–water partition coefficient (Wildman–Crippen LogP) is 4.29. The van der Waals surface area contributed by atoms with Crippen LogP contribution in [0.4, 0.5) is 8.78 Å². The molecule has 1 aliphatic rings. The first-order valence-corrected chi connectivity index (χ1v) is 5.51. The molecule has 0 bridgehead atoms. The highest BCUT2D eigenvalue weighted by Gasteiger charge is 2.35. The van der Waals surface area contributed by atoms with E-state index in [9.17, 15) is 8.78 Å². The molecule has 15 heavy (non-hydrogen) atoms. The second-order valence-corrected chi connectivity index (χ2v) is 4.54. The van der Waals surface area contributed by atoms with E-state index >= 15 is 0 Å². The molecular weight excluding hydrogens is 194 g/mol. The number of benzene rings is 1. The van der Waals surface area contributed by atoms with Gasteiger partial charge < -0.3 is 0 Å². The second-order valence-electron chi connectivity index (χ2n) is 4.54. The molecule has 0 amide bonds. The van der Waals surface area contributed by atoms with Crippen LogP contribution in [0.5, 0.6) is 0 Å². The summed E-state index contributed by atoms with van der Waals surface area (Å²) in [5.74, 6) is -2.08. The minimum Gasteiger partial charge on any atom is -0.207 e. The second kappa shape index (κ2) is 3.92. The van der Waals surface area contributed by atoms with E-state index < -0.39 is 5.92 Å². The van der Waals surface area contributed by atoms with Crippen molar-refractivity contribution in [1.82, 2.24) is 0 Å². The minimum absolute atomic E-state index is 0.0472. The Kier molecular flexibility index (Phi) is 2.76. The Bertz CT molecular complexity index is 317. The van der Waals surface area contributed by atoms with Gasteiger partial charge in [-0.1, -0.05) is 29.8 Å². The van der Waals surface area contributed by atoms with Gasteiger partial charge in [0.2, 0.25) is 5.92 Å². The topological polar surface area (TPSA) is 0 Å². The highest BCUT2D eigenvalue weighted by atomic mass is 19.3. The van der Waals surface area contributed by atoms with Crippen molar-refractivity contribution in [3.05, 3.63) is 35.4 Å². The Morgan fingerprint density at radius 1 is 1.07 bits per heavy atom. The van der Waals surface area contributed by atoms with Gasteiger partial charge in [0, 0.05) is 12.8 Å². The van der Waals surface area contributed by atoms with Crippen LogP contribution >= 0.6 is 0 Å². The zero-order chi connectivity index (χ0) is 10.9. The van der Waals surface area contributed by atoms with Gasteiger partial charge in [-0.2, -0.15) is 0 Å². The average Bonchev–Trinajstić information content (AvgIpc) is 2.20. The Labute approximate surface area is 89.3 Å². The summed E-state index contributed by atoms with van der Waals surface area (Å²) in [4.78, 5) is 0. The van der Waals surface area contributed by atoms with Crippen LogP contribution in [-0.4, -0.2) is 5.92 Å². The molecule has 0 nitrogen and oxygen atoms in total. The van der Waals surface area contributed by atoms with Crippen LogP contribution in [0.3, 0.4) is 0 Å². The van der Waals surface area contributed by atoms with E-state index in [4.69, 9.17) is 0 Å². The molecule has 2 rings (SSSR count). The lowest BCUT2D eigenvalue weighted by atomic mass is 9.82. The first-order valence-electron chi connectivity index (χ1n) is 5.51. The summed E-state index contributed by atoms with van der Waals surface area (Å²) in [7, 11) is 0. The number of halogens is 2. The molecule has 1 fully saturated rings. The molecule has 0 heterocycles. The van der Waals surface area contributed by atoms with Crippen molar-refractivity contribution in [2.75, 3.05) is 0 Å². The molecule has 0 unspecified atom stereocenters. The van der Waals surface area contributed by atoms with E-state index in [1.54, 1.807) is 0 Å². The maximum absolute atomic E-state index is 13.0. The maximum Gasteiger partial charge on any atom is 0.248 e. The number of hydrogen-bond donors (Lipinski definition) is 0. The fraction of sp³-hybridized carbons (Fsp3) is 0.538. The van der Waals surface area contributed by atoms with Gasteiger partial charge in [-0.05, 0) is 31.2 Å². The lowest BCUT2D eigenvalue weighted by molar-refractivity contribution is -0.0382. The van der Waals surface area contributed by atoms with E-state index in [2.05, 4.69) is 24.3 Å². The normalized spacial score (nSPS) is 21.5. The summed E-state index contributed by atoms with van der Waals surface area (Å²) < 4.78 is 25.9. The third-order valence-electron chi connectivity index (χ3n) is 3.27. The summed E-state index contributed by atoms with van der Waals surface area (Å²) in [6.07, 6.45) is 1.34. The number of alkyl halides is 2. The number of aryl methyl sites for hydroxylation is 1. The first-order chi connectivity index (χ1) is 7.07. The summed E-state index contributed by atoms with van der Waals surface area (Å²) in [6.45, 7) is 2.04. The molecule has 0 saturated heterocycles. The fourth-order valence-electron chi connectivity index (χ4n) is 2.21. The lowest BCUT2D eigenvalue weighted by Gasteiger charge is -2.28. The standard InChI is InChI=1S/C13H16F2/c1-10-2-4-11(5-3-10)12-6-8-13(14,15)9-7-12/h2-5,12H,6-9H2,1H3. The highest BCUT2D eigenvalue weighted by molar-refractivity contribution is 5.24. The summed E-state index contributed by atoms with van der Waals surface area (Å²) in [5.41, 5.74) is 2.44. The van der Waals surface area contributed by atoms with Gasteiger partial charge in [0.15, 0.2) is 0 Å². The minimum atomic E-state index is -2.42. The van der Waals surface area contributed by atoms with Gasteiger partial charge >= 0.3 is 0 Å². The van der Waals surface area contributed by atoms with Crippen LogP contribution < -0.4 is 0 Å². The van der Waals surface area contributed by atoms with E-state index in [-0.39, 0.29) is 12.8 Å². The van der Waals surface area contributed by atoms with E-state index in [0.29, 0.717) is 18.8 Å². The Morgan fingerprint density at radius 3 is 2.13 bits per heavy atom. The van der Waals surface area contributed by atoms with Crippen LogP contribution in [-0.2, 0) is 0 Å². The van der Waals surface area contributed by atoms with Gasteiger partial charge in [-0.15, -0.1) is 0 Å². The summed E-state index contributed by atoms with van der Waals surface area (Å²) >= 11 is 0. The van der Waals surface area contributed by atoms with Crippen LogP contribution in [0.1, 0.15) is 42.7 Å². The van der Waals surface area contributed by atoms with Crippen molar-refractivity contribution in [1.29, 1.82) is 0 Å². The lowest BCUT2D eigenvalue weighted by Crippen LogP contribution is -2.23. The third-order valence-corrected chi connectivity index (χ3v) is 3.27. The zero-order valence-corrected chi connectivity index (χ0v) is 8.97. The van der Waals surface area contributed by atoms with Crippen molar-refractivity contribution in [2.24, 2.45) is 0 Å². The molecule has 0 aliphatic heterocycles. The largest absolute Gasteiger partial charge is 0.248 e. The molecule has 0 spiro atoms. The molecule has 1 aromatic carbocycles. The SMILES string of the molecule is Cc1ccc(C2CCC(F)(F)CC2)cc1. The smallest absolute Gasteiger partial charge is 0.207 e. The number of rotatable bonds is 1. The fourth-order valence-corrected chi connectivity index (χ4v) is 2.21. The average molecular weight is 210 g/mol. The highest BCUT2D eigenvalue weighted by Crippen LogP contribution is 2.40. The van der Waals surface area contributed by atoms with Crippen molar-refractivity contribution < 1.29 is 8.78 Å². The Hall–Kier alpha value is -0.920. The predicted molar refractivity (Wildman–Crippen MR) is 57.3 cm³/mol. The molecule has 0 aromatic heterocycles. The third kappa shape index (κ3) is 2.55. The molecule has 0 atom stereocenters. The molecular formula is C13H16F2. The molecule has 0 radical (unpaired) electrons. The van der Waals surface area contributed by atoms with Crippen LogP contribution in [0.15, 0.2) is 24.3 Å². The molecule has 1 aliphatic carbocycles. The summed E-state index contributed by atoms with van der Waals surface area (Å²) in [5, 5.41) is 0. The Balaban J connectivity index is 2.04. The monoisotopic (exact) mass is 210 g/mol. The first kappa shape index (κ1) is 10.6. The molecule has 82 valence electrons. The summed E-state index contributed by atoms with van der Waals surface area (Å²) in [6, 6.07) is 8.26. The van der Waals surface area contributed by atoms with Crippen LogP contribution in [0.25, 0.3) is 0 Å². The van der Waals surface area contributed by atoms with Gasteiger partial charge in [0.1, 0.15) is 0 Å². The van der Waals surface area contributed by atoms with E-state index in [1.807, 2.05) is 6.92 Å². The molecule has 1 saturated carbocycles. The van der Waals surface area contributed by atoms with E-state index in [1.165, 1.54) is 11.1 Å². The maximum atomic E-state index is 13.0. The van der Waals surface area contributed by atoms with Crippen molar-refractivity contribution in [2.45, 2.75) is 44.4 Å². The quantitative estimate of drug-likeness (QED) is 0.648. The van der Waals surface area contributed by atoms with Gasteiger partial charge in [0.05, 0.1) is 0 Å². The molecule has 1 aromatic rings. The van der Waals surface area contributed by atoms with Gasteiger partial charge in [0.25, 0.3) is 0 Å². The molecule has 2 heteroatoms. The van der Waals surface area contributed by atoms with Crippen molar-refractivity contribution in [3.8, 4) is 0 Å². The van der Waals surface area contributed by atoms with Crippen LogP contribution in [0, 0.1) is 6.92 Å². The van der Waals surface area contributed by atoms with E-state index in [0.717, 1.165) is 0 Å². The number of hydrogen-bond acceptors (Lipinski definition) is 0. The van der Waals surface area contributed by atoms with Gasteiger partial charge in [-0.25, -0.2) is 8.78 Å². The zero-order valence-electron chi connectivity index (χ0n) is 8.97.